The molecule has 3 heterocycles. The number of hydrogen-bond acceptors (Lipinski definition) is 4. The number of nitrogens with one attached hydrogen (secondary N) is 1. The van der Waals surface area contributed by atoms with Gasteiger partial charge in [-0.25, -0.2) is 0 Å². The Balaban J connectivity index is 1.98. The standard InChI is InChI=1S/C11H14N4O/c12-5-10-9-6-16-7-11(9)15(14-10)8-1-3-13-4-2-8/h8,13H,1-4,6-7H2. The molecule has 16 heavy (non-hydrogen) atoms. The SMILES string of the molecule is N#Cc1nn(C2CCNCC2)c2c1COC2. The Hall–Kier alpha value is -1.38. The first kappa shape index (κ1) is 9.82. The van der Waals surface area contributed by atoms with E-state index in [4.69, 9.17) is 10.00 Å². The van der Waals surface area contributed by atoms with Crippen LogP contribution in [0.1, 0.15) is 35.8 Å². The summed E-state index contributed by atoms with van der Waals surface area (Å²) in [6.07, 6.45) is 2.16. The van der Waals surface area contributed by atoms with Gasteiger partial charge in [-0.1, -0.05) is 0 Å². The minimum absolute atomic E-state index is 0.429. The summed E-state index contributed by atoms with van der Waals surface area (Å²) in [7, 11) is 0. The minimum Gasteiger partial charge on any atom is -0.370 e. The van der Waals surface area contributed by atoms with Gasteiger partial charge in [-0.2, -0.15) is 10.4 Å². The molecule has 1 fully saturated rings. The van der Waals surface area contributed by atoms with Gasteiger partial charge >= 0.3 is 0 Å². The lowest BCUT2D eigenvalue weighted by Gasteiger charge is -2.24. The van der Waals surface area contributed by atoms with Crippen LogP contribution in [-0.4, -0.2) is 22.9 Å². The second kappa shape index (κ2) is 3.89. The van der Waals surface area contributed by atoms with E-state index in [2.05, 4.69) is 16.5 Å². The second-order valence-corrected chi connectivity index (χ2v) is 4.30. The highest BCUT2D eigenvalue weighted by molar-refractivity contribution is 5.36. The summed E-state index contributed by atoms with van der Waals surface area (Å²) in [5.41, 5.74) is 2.66. The molecule has 84 valence electrons. The molecule has 1 saturated heterocycles. The number of hydrogen-bond donors (Lipinski definition) is 1. The van der Waals surface area contributed by atoms with E-state index in [0.29, 0.717) is 24.9 Å². The van der Waals surface area contributed by atoms with Crippen LogP contribution in [0.5, 0.6) is 0 Å². The normalized spacial score (nSPS) is 20.7. The zero-order chi connectivity index (χ0) is 11.0. The fourth-order valence-electron chi connectivity index (χ4n) is 2.50. The van der Waals surface area contributed by atoms with Gasteiger partial charge in [0.1, 0.15) is 6.07 Å². The van der Waals surface area contributed by atoms with Crippen molar-refractivity contribution in [1.82, 2.24) is 15.1 Å². The molecule has 0 spiro atoms. The van der Waals surface area contributed by atoms with E-state index in [0.717, 1.165) is 37.2 Å². The van der Waals surface area contributed by atoms with Crippen molar-refractivity contribution < 1.29 is 4.74 Å². The van der Waals surface area contributed by atoms with Crippen LogP contribution < -0.4 is 5.32 Å². The van der Waals surface area contributed by atoms with Gasteiger partial charge in [0.25, 0.3) is 0 Å². The van der Waals surface area contributed by atoms with Gasteiger partial charge in [0.2, 0.25) is 0 Å². The lowest BCUT2D eigenvalue weighted by Crippen LogP contribution is -2.30. The fourth-order valence-corrected chi connectivity index (χ4v) is 2.50. The molecule has 0 bridgehead atoms. The molecule has 0 amide bonds. The van der Waals surface area contributed by atoms with Crippen molar-refractivity contribution in [2.45, 2.75) is 32.1 Å². The quantitative estimate of drug-likeness (QED) is 0.754. The Labute approximate surface area is 94.0 Å². The Kier molecular flexibility index (Phi) is 2.39. The van der Waals surface area contributed by atoms with Crippen molar-refractivity contribution in [2.75, 3.05) is 13.1 Å². The predicted octanol–water partition coefficient (Wildman–Crippen LogP) is 0.709. The highest BCUT2D eigenvalue weighted by Crippen LogP contribution is 2.28. The highest BCUT2D eigenvalue weighted by atomic mass is 16.5. The van der Waals surface area contributed by atoms with Crippen molar-refractivity contribution in [3.63, 3.8) is 0 Å². The summed E-state index contributed by atoms with van der Waals surface area (Å²) < 4.78 is 7.43. The maximum absolute atomic E-state index is 9.02. The van der Waals surface area contributed by atoms with E-state index in [1.165, 1.54) is 0 Å². The summed E-state index contributed by atoms with van der Waals surface area (Å²) in [6.45, 7) is 3.21. The van der Waals surface area contributed by atoms with Crippen molar-refractivity contribution in [3.8, 4) is 6.07 Å². The average Bonchev–Trinajstić information content (AvgIpc) is 2.91. The first-order valence-electron chi connectivity index (χ1n) is 5.69. The molecular weight excluding hydrogens is 204 g/mol. The van der Waals surface area contributed by atoms with Crippen LogP contribution in [0.3, 0.4) is 0 Å². The van der Waals surface area contributed by atoms with Crippen LogP contribution in [0.2, 0.25) is 0 Å². The number of aromatic nitrogens is 2. The van der Waals surface area contributed by atoms with Gasteiger partial charge < -0.3 is 10.1 Å². The molecule has 5 nitrogen and oxygen atoms in total. The van der Waals surface area contributed by atoms with Crippen LogP contribution in [-0.2, 0) is 18.0 Å². The molecule has 2 aliphatic rings. The molecule has 3 rings (SSSR count). The Morgan fingerprint density at radius 3 is 2.94 bits per heavy atom. The topological polar surface area (TPSA) is 62.9 Å². The molecule has 0 saturated carbocycles. The average molecular weight is 218 g/mol. The van der Waals surface area contributed by atoms with Crippen molar-refractivity contribution >= 4 is 0 Å². The second-order valence-electron chi connectivity index (χ2n) is 4.30. The molecule has 1 aromatic rings. The minimum atomic E-state index is 0.429. The van der Waals surface area contributed by atoms with Gasteiger partial charge in [-0.05, 0) is 25.9 Å². The molecule has 0 atom stereocenters. The molecule has 5 heteroatoms. The number of ether oxygens (including phenoxy) is 1. The molecular formula is C11H14N4O. The molecule has 0 aromatic carbocycles. The Bertz CT molecular complexity index is 440. The number of nitrogens with zero attached hydrogens (tertiary/aromatic N) is 3. The van der Waals surface area contributed by atoms with Crippen LogP contribution in [0, 0.1) is 11.3 Å². The third kappa shape index (κ3) is 1.42. The lowest BCUT2D eigenvalue weighted by atomic mass is 10.1. The van der Waals surface area contributed by atoms with Gasteiger partial charge in [0.15, 0.2) is 5.69 Å². The van der Waals surface area contributed by atoms with Gasteiger partial charge in [0, 0.05) is 5.56 Å². The maximum Gasteiger partial charge on any atom is 0.168 e. The van der Waals surface area contributed by atoms with Crippen LogP contribution >= 0.6 is 0 Å². The predicted molar refractivity (Wildman–Crippen MR) is 56.6 cm³/mol. The summed E-state index contributed by atoms with van der Waals surface area (Å²) >= 11 is 0. The molecule has 0 aliphatic carbocycles. The maximum atomic E-state index is 9.02. The third-order valence-corrected chi connectivity index (χ3v) is 3.36. The largest absolute Gasteiger partial charge is 0.370 e. The van der Waals surface area contributed by atoms with Crippen molar-refractivity contribution in [3.05, 3.63) is 17.0 Å². The zero-order valence-electron chi connectivity index (χ0n) is 9.07. The van der Waals surface area contributed by atoms with Crippen molar-refractivity contribution in [2.24, 2.45) is 0 Å². The molecule has 0 radical (unpaired) electrons. The van der Waals surface area contributed by atoms with E-state index >= 15 is 0 Å². The number of rotatable bonds is 1. The fraction of sp³-hybridized carbons (Fsp3) is 0.636. The summed E-state index contributed by atoms with van der Waals surface area (Å²) in [6, 6.07) is 2.59. The van der Waals surface area contributed by atoms with Crippen LogP contribution in [0.4, 0.5) is 0 Å². The summed E-state index contributed by atoms with van der Waals surface area (Å²) in [4.78, 5) is 0. The van der Waals surface area contributed by atoms with E-state index in [-0.39, 0.29) is 0 Å². The zero-order valence-corrected chi connectivity index (χ0v) is 9.07. The summed E-state index contributed by atoms with van der Waals surface area (Å²) in [5, 5.41) is 16.8. The highest BCUT2D eigenvalue weighted by Gasteiger charge is 2.27. The molecule has 2 aliphatic heterocycles. The van der Waals surface area contributed by atoms with Crippen molar-refractivity contribution in [1.29, 1.82) is 5.26 Å². The summed E-state index contributed by atoms with van der Waals surface area (Å²) in [5.74, 6) is 0. The Morgan fingerprint density at radius 2 is 2.19 bits per heavy atom. The number of fused-ring (bicyclic) bond motifs is 1. The number of piperidine rings is 1. The number of nitriles is 1. The van der Waals surface area contributed by atoms with E-state index < -0.39 is 0 Å². The smallest absolute Gasteiger partial charge is 0.168 e. The van der Waals surface area contributed by atoms with Gasteiger partial charge in [-0.3, -0.25) is 4.68 Å². The molecule has 1 aromatic heterocycles. The monoisotopic (exact) mass is 218 g/mol. The first-order valence-corrected chi connectivity index (χ1v) is 5.69. The third-order valence-electron chi connectivity index (χ3n) is 3.36. The Morgan fingerprint density at radius 1 is 1.38 bits per heavy atom. The first-order chi connectivity index (χ1) is 7.90. The van der Waals surface area contributed by atoms with Gasteiger partial charge in [0.05, 0.1) is 24.9 Å². The molecule has 1 N–H and O–H groups in total. The van der Waals surface area contributed by atoms with E-state index in [1.54, 1.807) is 0 Å². The van der Waals surface area contributed by atoms with Crippen LogP contribution in [0.25, 0.3) is 0 Å². The van der Waals surface area contributed by atoms with Crippen LogP contribution in [0.15, 0.2) is 0 Å². The molecule has 0 unspecified atom stereocenters. The lowest BCUT2D eigenvalue weighted by molar-refractivity contribution is 0.127. The van der Waals surface area contributed by atoms with E-state index in [9.17, 15) is 0 Å². The van der Waals surface area contributed by atoms with Gasteiger partial charge in [-0.15, -0.1) is 0 Å². The van der Waals surface area contributed by atoms with E-state index in [1.807, 2.05) is 4.68 Å².